The summed E-state index contributed by atoms with van der Waals surface area (Å²) < 4.78 is 28.6. The summed E-state index contributed by atoms with van der Waals surface area (Å²) in [6.45, 7) is 2.38. The van der Waals surface area contributed by atoms with Crippen LogP contribution in [-0.2, 0) is 14.8 Å². The van der Waals surface area contributed by atoms with Crippen LogP contribution in [0.2, 0.25) is 0 Å². The first-order valence-corrected chi connectivity index (χ1v) is 10.3. The van der Waals surface area contributed by atoms with Crippen LogP contribution in [0.5, 0.6) is 0 Å². The molecule has 0 unspecified atom stereocenters. The maximum atomic E-state index is 12.8. The van der Waals surface area contributed by atoms with Gasteiger partial charge in [0.2, 0.25) is 0 Å². The summed E-state index contributed by atoms with van der Waals surface area (Å²) in [4.78, 5) is 14.8. The van der Waals surface area contributed by atoms with E-state index in [-0.39, 0.29) is 16.8 Å². The number of fused-ring (bicyclic) bond motifs is 1. The summed E-state index contributed by atoms with van der Waals surface area (Å²) in [5.41, 5.74) is 3.60. The van der Waals surface area contributed by atoms with Crippen LogP contribution in [0.1, 0.15) is 37.7 Å². The Morgan fingerprint density at radius 2 is 1.84 bits per heavy atom. The van der Waals surface area contributed by atoms with E-state index in [2.05, 4.69) is 9.82 Å². The molecule has 134 valence electrons. The Kier molecular flexibility index (Phi) is 4.24. The number of rotatable bonds is 2. The molecule has 1 N–H and O–H groups in total. The van der Waals surface area contributed by atoms with Crippen molar-refractivity contribution >= 4 is 21.8 Å². The largest absolute Gasteiger partial charge is 0.343 e. The molecule has 25 heavy (non-hydrogen) atoms. The molecule has 1 aromatic carbocycles. The molecule has 4 rings (SSSR count). The zero-order valence-corrected chi connectivity index (χ0v) is 14.8. The first-order chi connectivity index (χ1) is 12.1. The van der Waals surface area contributed by atoms with Crippen molar-refractivity contribution in [2.75, 3.05) is 19.6 Å². The van der Waals surface area contributed by atoms with Gasteiger partial charge in [-0.2, -0.15) is 8.42 Å². The number of hydrogen-bond donors (Lipinski definition) is 1. The van der Waals surface area contributed by atoms with E-state index in [1.54, 1.807) is 24.3 Å². The molecule has 1 aromatic rings. The predicted octanol–water partition coefficient (Wildman–Crippen LogP) is 1.12. The van der Waals surface area contributed by atoms with Crippen LogP contribution < -0.4 is 5.43 Å². The molecule has 1 amide bonds. The molecule has 7 nitrogen and oxygen atoms in total. The molecule has 2 fully saturated rings. The van der Waals surface area contributed by atoms with Crippen molar-refractivity contribution in [1.29, 1.82) is 0 Å². The number of likely N-dealkylation sites (tertiary alicyclic amines) is 1. The van der Waals surface area contributed by atoms with Crippen molar-refractivity contribution in [3.8, 4) is 0 Å². The molecule has 0 radical (unpaired) electrons. The second-order valence-electron chi connectivity index (χ2n) is 6.76. The number of hydrogen-bond acceptors (Lipinski definition) is 5. The number of hydrazine groups is 1. The minimum Gasteiger partial charge on any atom is -0.343 e. The molecular formula is C17H22N4O3S. The average Bonchev–Trinajstić information content (AvgIpc) is 3.19. The highest BCUT2D eigenvalue weighted by Gasteiger charge is 2.39. The fourth-order valence-corrected chi connectivity index (χ4v) is 5.04. The summed E-state index contributed by atoms with van der Waals surface area (Å²) >= 11 is 0. The molecule has 3 aliphatic heterocycles. The van der Waals surface area contributed by atoms with Gasteiger partial charge in [0.25, 0.3) is 15.9 Å². The van der Waals surface area contributed by atoms with E-state index in [1.165, 1.54) is 6.42 Å². The molecular weight excluding hydrogens is 340 g/mol. The van der Waals surface area contributed by atoms with Crippen molar-refractivity contribution in [3.63, 3.8) is 0 Å². The number of sulfonamides is 1. The lowest BCUT2D eigenvalue weighted by Crippen LogP contribution is -2.52. The highest BCUT2D eigenvalue weighted by Crippen LogP contribution is 2.31. The van der Waals surface area contributed by atoms with Crippen molar-refractivity contribution in [1.82, 2.24) is 15.3 Å². The number of benzene rings is 1. The van der Waals surface area contributed by atoms with Gasteiger partial charge in [0.15, 0.2) is 5.84 Å². The number of carbonyl (C=O) groups excluding carboxylic acids is 1. The number of nitrogens with zero attached hydrogens (tertiary/aromatic N) is 3. The van der Waals surface area contributed by atoms with E-state index in [9.17, 15) is 13.2 Å². The van der Waals surface area contributed by atoms with Crippen molar-refractivity contribution in [2.24, 2.45) is 4.40 Å². The van der Waals surface area contributed by atoms with E-state index >= 15 is 0 Å². The van der Waals surface area contributed by atoms with Gasteiger partial charge >= 0.3 is 0 Å². The van der Waals surface area contributed by atoms with Gasteiger partial charge in [-0.05, 0) is 37.8 Å². The van der Waals surface area contributed by atoms with E-state index in [1.807, 2.05) is 9.91 Å². The first-order valence-electron chi connectivity index (χ1n) is 8.83. The maximum Gasteiger partial charge on any atom is 0.285 e. The first kappa shape index (κ1) is 16.5. The van der Waals surface area contributed by atoms with Gasteiger partial charge in [0.1, 0.15) is 10.9 Å². The van der Waals surface area contributed by atoms with Crippen LogP contribution in [-0.4, -0.2) is 55.7 Å². The molecule has 3 aliphatic rings. The fourth-order valence-electron chi connectivity index (χ4n) is 3.82. The highest BCUT2D eigenvalue weighted by molar-refractivity contribution is 7.90. The normalized spacial score (nSPS) is 25.5. The van der Waals surface area contributed by atoms with Crippen LogP contribution in [0.15, 0.2) is 33.6 Å². The fraction of sp³-hybridized carbons (Fsp3) is 0.529. The molecule has 2 saturated heterocycles. The molecule has 0 aliphatic carbocycles. The van der Waals surface area contributed by atoms with E-state index < -0.39 is 10.0 Å². The van der Waals surface area contributed by atoms with Crippen LogP contribution in [0.4, 0.5) is 0 Å². The van der Waals surface area contributed by atoms with Gasteiger partial charge < -0.3 is 4.90 Å². The summed E-state index contributed by atoms with van der Waals surface area (Å²) in [6, 6.07) is 6.45. The van der Waals surface area contributed by atoms with Crippen LogP contribution in [0, 0.1) is 0 Å². The summed E-state index contributed by atoms with van der Waals surface area (Å²) in [5, 5.41) is 1.98. The number of nitrogens with one attached hydrogen (secondary N) is 1. The van der Waals surface area contributed by atoms with Crippen molar-refractivity contribution < 1.29 is 13.2 Å². The third-order valence-corrected chi connectivity index (χ3v) is 6.39. The van der Waals surface area contributed by atoms with Gasteiger partial charge in [-0.15, -0.1) is 4.40 Å². The monoisotopic (exact) mass is 362 g/mol. The summed E-state index contributed by atoms with van der Waals surface area (Å²) in [5.74, 6) is 0.343. The van der Waals surface area contributed by atoms with E-state index in [0.29, 0.717) is 24.4 Å². The van der Waals surface area contributed by atoms with Crippen LogP contribution in [0.3, 0.4) is 0 Å². The van der Waals surface area contributed by atoms with E-state index in [4.69, 9.17) is 0 Å². The Labute approximate surface area is 147 Å². The molecule has 3 heterocycles. The minimum absolute atomic E-state index is 0.0659. The number of amidine groups is 1. The van der Waals surface area contributed by atoms with Gasteiger partial charge in [-0.1, -0.05) is 18.6 Å². The van der Waals surface area contributed by atoms with Crippen molar-refractivity contribution in [2.45, 2.75) is 43.0 Å². The molecule has 1 atom stereocenters. The summed E-state index contributed by atoms with van der Waals surface area (Å²) in [6.07, 6.45) is 4.94. The number of amides is 1. The Morgan fingerprint density at radius 1 is 1.08 bits per heavy atom. The third-order valence-electron chi connectivity index (χ3n) is 5.06. The minimum atomic E-state index is -3.66. The second-order valence-corrected chi connectivity index (χ2v) is 8.33. The smallest absolute Gasteiger partial charge is 0.285 e. The lowest BCUT2D eigenvalue weighted by molar-refractivity contribution is -0.129. The van der Waals surface area contributed by atoms with E-state index in [0.717, 1.165) is 32.4 Å². The lowest BCUT2D eigenvalue weighted by atomic mass is 10.1. The predicted molar refractivity (Wildman–Crippen MR) is 93.5 cm³/mol. The molecule has 0 spiro atoms. The van der Waals surface area contributed by atoms with Gasteiger partial charge in [0, 0.05) is 25.2 Å². The number of carbonyl (C=O) groups is 1. The Hall–Kier alpha value is -1.93. The Balaban J connectivity index is 1.57. The standard InChI is InChI=1S/C17H22N4O3S/c22-17(18-20-10-4-1-5-11-20)14-8-6-12-21(14)16-13-7-2-3-9-15(13)25(23,24)19-16/h2-3,7,9,14H,1,4-6,8,10-12H2,(H,18,22)/t14-/m0/s1. The molecule has 8 heteroatoms. The van der Waals surface area contributed by atoms with Crippen LogP contribution >= 0.6 is 0 Å². The molecule has 0 bridgehead atoms. The third kappa shape index (κ3) is 3.04. The van der Waals surface area contributed by atoms with Crippen LogP contribution in [0.25, 0.3) is 0 Å². The molecule has 0 aromatic heterocycles. The Morgan fingerprint density at radius 3 is 2.64 bits per heavy atom. The topological polar surface area (TPSA) is 82.1 Å². The molecule has 0 saturated carbocycles. The Bertz CT molecular complexity index is 815. The summed E-state index contributed by atoms with van der Waals surface area (Å²) in [7, 11) is -3.66. The zero-order valence-electron chi connectivity index (χ0n) is 14.0. The van der Waals surface area contributed by atoms with Gasteiger partial charge in [-0.3, -0.25) is 10.2 Å². The lowest BCUT2D eigenvalue weighted by Gasteiger charge is -2.31. The SMILES string of the molecule is O=C(NN1CCCCC1)[C@@H]1CCCN1C1=NS(=O)(=O)c2ccccc21. The zero-order chi connectivity index (χ0) is 17.4. The average molecular weight is 362 g/mol. The van der Waals surface area contributed by atoms with Gasteiger partial charge in [0.05, 0.1) is 0 Å². The van der Waals surface area contributed by atoms with Gasteiger partial charge in [-0.25, -0.2) is 5.01 Å². The number of piperidine rings is 1. The second kappa shape index (κ2) is 6.42. The maximum absolute atomic E-state index is 12.8. The highest BCUT2D eigenvalue weighted by atomic mass is 32.2. The van der Waals surface area contributed by atoms with Crippen molar-refractivity contribution in [3.05, 3.63) is 29.8 Å². The quantitative estimate of drug-likeness (QED) is 0.852.